The number of rotatable bonds is 6. The van der Waals surface area contributed by atoms with Crippen molar-refractivity contribution in [2.45, 2.75) is 31.7 Å². The molecule has 2 fully saturated rings. The van der Waals surface area contributed by atoms with Crippen LogP contribution in [-0.2, 0) is 0 Å². The van der Waals surface area contributed by atoms with Gasteiger partial charge in [-0.3, -0.25) is 4.90 Å². The first-order valence-corrected chi connectivity index (χ1v) is 8.07. The third kappa shape index (κ3) is 5.78. The van der Waals surface area contributed by atoms with Gasteiger partial charge in [-0.05, 0) is 46.4 Å². The van der Waals surface area contributed by atoms with E-state index in [0.29, 0.717) is 0 Å². The lowest BCUT2D eigenvalue weighted by atomic mass is 10.0. The Balaban J connectivity index is 1.52. The Bertz CT molecular complexity index is 232. The number of hydrogen-bond donors (Lipinski definition) is 1. The van der Waals surface area contributed by atoms with Crippen LogP contribution in [0.25, 0.3) is 0 Å². The molecule has 4 heteroatoms. The molecule has 4 nitrogen and oxygen atoms in total. The van der Waals surface area contributed by atoms with E-state index >= 15 is 0 Å². The third-order valence-electron chi connectivity index (χ3n) is 4.67. The zero-order chi connectivity index (χ0) is 13.5. The zero-order valence-electron chi connectivity index (χ0n) is 12.9. The van der Waals surface area contributed by atoms with Gasteiger partial charge in [0.25, 0.3) is 0 Å². The molecule has 0 spiro atoms. The summed E-state index contributed by atoms with van der Waals surface area (Å²) >= 11 is 0. The lowest BCUT2D eigenvalue weighted by Crippen LogP contribution is -2.47. The van der Waals surface area contributed by atoms with Gasteiger partial charge >= 0.3 is 0 Å². The van der Waals surface area contributed by atoms with E-state index in [1.54, 1.807) is 0 Å². The van der Waals surface area contributed by atoms with Crippen molar-refractivity contribution < 1.29 is 0 Å². The van der Waals surface area contributed by atoms with Crippen molar-refractivity contribution in [3.8, 4) is 0 Å². The minimum atomic E-state index is 0.778. The summed E-state index contributed by atoms with van der Waals surface area (Å²) in [6.45, 7) is 9.88. The fourth-order valence-corrected chi connectivity index (χ4v) is 3.04. The number of piperazine rings is 1. The second kappa shape index (κ2) is 8.20. The van der Waals surface area contributed by atoms with Crippen LogP contribution in [-0.4, -0.2) is 87.2 Å². The van der Waals surface area contributed by atoms with Gasteiger partial charge in [0, 0.05) is 45.3 Å². The second-order valence-electron chi connectivity index (χ2n) is 6.38. The highest BCUT2D eigenvalue weighted by molar-refractivity contribution is 4.74. The molecule has 0 aromatic rings. The van der Waals surface area contributed by atoms with Crippen molar-refractivity contribution in [2.24, 2.45) is 0 Å². The normalized spacial score (nSPS) is 27.0. The molecule has 0 aromatic carbocycles. The van der Waals surface area contributed by atoms with Gasteiger partial charge in [-0.2, -0.15) is 0 Å². The molecule has 2 rings (SSSR count). The van der Waals surface area contributed by atoms with Gasteiger partial charge in [-0.25, -0.2) is 0 Å². The molecule has 1 atom stereocenters. The summed E-state index contributed by atoms with van der Waals surface area (Å²) in [5.74, 6) is 0. The van der Waals surface area contributed by atoms with E-state index < -0.39 is 0 Å². The summed E-state index contributed by atoms with van der Waals surface area (Å²) in [6.07, 6.45) is 5.49. The zero-order valence-corrected chi connectivity index (χ0v) is 12.9. The van der Waals surface area contributed by atoms with Crippen molar-refractivity contribution in [1.82, 2.24) is 20.0 Å². The minimum Gasteiger partial charge on any atom is -0.314 e. The molecule has 1 unspecified atom stereocenters. The molecule has 2 aliphatic rings. The molecule has 0 saturated carbocycles. The Morgan fingerprint density at radius 1 is 1.11 bits per heavy atom. The largest absolute Gasteiger partial charge is 0.314 e. The minimum absolute atomic E-state index is 0.778. The number of piperidine rings is 1. The molecular formula is C15H32N4. The summed E-state index contributed by atoms with van der Waals surface area (Å²) in [4.78, 5) is 7.54. The molecule has 0 amide bonds. The van der Waals surface area contributed by atoms with Gasteiger partial charge in [0.2, 0.25) is 0 Å². The Morgan fingerprint density at radius 3 is 2.58 bits per heavy atom. The van der Waals surface area contributed by atoms with Crippen LogP contribution in [0.15, 0.2) is 0 Å². The number of nitrogens with one attached hydrogen (secondary N) is 1. The molecule has 0 radical (unpaired) electrons. The standard InChI is InChI=1S/C15H32N4/c1-17(8-6-15-5-3-4-7-16-15)9-12-19-13-10-18(2)11-14-19/h15-16H,3-14H2,1-2H3. The highest BCUT2D eigenvalue weighted by Gasteiger charge is 2.15. The van der Waals surface area contributed by atoms with E-state index in [0.717, 1.165) is 6.04 Å². The first-order valence-electron chi connectivity index (χ1n) is 8.07. The molecule has 112 valence electrons. The summed E-state index contributed by atoms with van der Waals surface area (Å²) in [6, 6.07) is 0.778. The number of likely N-dealkylation sites (N-methyl/N-ethyl adjacent to an activating group) is 2. The molecule has 2 aliphatic heterocycles. The van der Waals surface area contributed by atoms with Crippen LogP contribution in [0, 0.1) is 0 Å². The van der Waals surface area contributed by atoms with E-state index in [9.17, 15) is 0 Å². The SMILES string of the molecule is CN(CCC1CCCCN1)CCN1CCN(C)CC1. The molecule has 2 heterocycles. The van der Waals surface area contributed by atoms with Crippen molar-refractivity contribution in [3.63, 3.8) is 0 Å². The van der Waals surface area contributed by atoms with Crippen LogP contribution in [0.2, 0.25) is 0 Å². The lowest BCUT2D eigenvalue weighted by Gasteiger charge is -2.33. The van der Waals surface area contributed by atoms with Gasteiger partial charge in [-0.1, -0.05) is 6.42 Å². The number of hydrogen-bond acceptors (Lipinski definition) is 4. The average Bonchev–Trinajstić information content (AvgIpc) is 2.45. The summed E-state index contributed by atoms with van der Waals surface area (Å²) in [7, 11) is 4.50. The Hall–Kier alpha value is -0.160. The highest BCUT2D eigenvalue weighted by atomic mass is 15.3. The van der Waals surface area contributed by atoms with Crippen LogP contribution >= 0.6 is 0 Å². The first kappa shape index (κ1) is 15.2. The molecule has 0 aliphatic carbocycles. The van der Waals surface area contributed by atoms with Crippen LogP contribution in [0.4, 0.5) is 0 Å². The van der Waals surface area contributed by atoms with Crippen LogP contribution in [0.3, 0.4) is 0 Å². The van der Waals surface area contributed by atoms with E-state index in [1.165, 1.54) is 78.0 Å². The quantitative estimate of drug-likeness (QED) is 0.765. The average molecular weight is 268 g/mol. The van der Waals surface area contributed by atoms with E-state index in [2.05, 4.69) is 34.1 Å². The Kier molecular flexibility index (Phi) is 6.57. The van der Waals surface area contributed by atoms with Crippen molar-refractivity contribution in [2.75, 3.05) is 66.5 Å². The summed E-state index contributed by atoms with van der Waals surface area (Å²) < 4.78 is 0. The second-order valence-corrected chi connectivity index (χ2v) is 6.38. The molecule has 0 aromatic heterocycles. The van der Waals surface area contributed by atoms with Crippen molar-refractivity contribution in [3.05, 3.63) is 0 Å². The van der Waals surface area contributed by atoms with Gasteiger partial charge in [0.05, 0.1) is 0 Å². The van der Waals surface area contributed by atoms with Gasteiger partial charge in [-0.15, -0.1) is 0 Å². The monoisotopic (exact) mass is 268 g/mol. The fourth-order valence-electron chi connectivity index (χ4n) is 3.04. The topological polar surface area (TPSA) is 21.8 Å². The van der Waals surface area contributed by atoms with Gasteiger partial charge < -0.3 is 15.1 Å². The first-order chi connectivity index (χ1) is 9.24. The Morgan fingerprint density at radius 2 is 1.89 bits per heavy atom. The molecule has 19 heavy (non-hydrogen) atoms. The number of nitrogens with zero attached hydrogens (tertiary/aromatic N) is 3. The van der Waals surface area contributed by atoms with E-state index in [-0.39, 0.29) is 0 Å². The fraction of sp³-hybridized carbons (Fsp3) is 1.00. The highest BCUT2D eigenvalue weighted by Crippen LogP contribution is 2.10. The lowest BCUT2D eigenvalue weighted by molar-refractivity contribution is 0.139. The smallest absolute Gasteiger partial charge is 0.0110 e. The van der Waals surface area contributed by atoms with E-state index in [1.807, 2.05) is 0 Å². The van der Waals surface area contributed by atoms with Crippen LogP contribution in [0.5, 0.6) is 0 Å². The van der Waals surface area contributed by atoms with Crippen LogP contribution in [0.1, 0.15) is 25.7 Å². The maximum atomic E-state index is 3.64. The van der Waals surface area contributed by atoms with Gasteiger partial charge in [0.15, 0.2) is 0 Å². The molecule has 2 saturated heterocycles. The maximum Gasteiger partial charge on any atom is 0.0110 e. The predicted molar refractivity (Wildman–Crippen MR) is 81.7 cm³/mol. The molecule has 1 N–H and O–H groups in total. The van der Waals surface area contributed by atoms with E-state index in [4.69, 9.17) is 0 Å². The van der Waals surface area contributed by atoms with Gasteiger partial charge in [0.1, 0.15) is 0 Å². The van der Waals surface area contributed by atoms with Crippen molar-refractivity contribution >= 4 is 0 Å². The van der Waals surface area contributed by atoms with Crippen molar-refractivity contribution in [1.29, 1.82) is 0 Å². The summed E-state index contributed by atoms with van der Waals surface area (Å²) in [5.41, 5.74) is 0. The molecular weight excluding hydrogens is 236 g/mol. The maximum absolute atomic E-state index is 3.64. The Labute approximate surface area is 119 Å². The molecule has 0 bridgehead atoms. The summed E-state index contributed by atoms with van der Waals surface area (Å²) in [5, 5.41) is 3.64. The van der Waals surface area contributed by atoms with Crippen LogP contribution < -0.4 is 5.32 Å². The predicted octanol–water partition coefficient (Wildman–Crippen LogP) is 0.698. The third-order valence-corrected chi connectivity index (χ3v) is 4.67.